The molecule has 1 aromatic carbocycles. The predicted octanol–water partition coefficient (Wildman–Crippen LogP) is 3.91. The molecule has 1 aromatic rings. The van der Waals surface area contributed by atoms with Crippen molar-refractivity contribution in [2.45, 2.75) is 34.9 Å². The number of alkyl halides is 1. The molecule has 0 fully saturated rings. The van der Waals surface area contributed by atoms with Crippen molar-refractivity contribution in [1.29, 1.82) is 0 Å². The minimum Gasteiger partial charge on any atom is -0.337 e. The fourth-order valence-electron chi connectivity index (χ4n) is 2.11. The fourth-order valence-corrected chi connectivity index (χ4v) is 3.39. The second-order valence-corrected chi connectivity index (χ2v) is 6.50. The topological polar surface area (TPSA) is 20.3 Å². The quantitative estimate of drug-likeness (QED) is 0.477. The molecule has 0 radical (unpaired) electrons. The monoisotopic (exact) mass is 295 g/mol. The summed E-state index contributed by atoms with van der Waals surface area (Å²) in [6.45, 7) is 0. The number of amides is 1. The molecule has 102 valence electrons. The number of nitrogens with zero attached hydrogens (tertiary/aromatic N) is 1. The highest BCUT2D eigenvalue weighted by atomic mass is 35.5. The van der Waals surface area contributed by atoms with E-state index in [1.54, 1.807) is 4.90 Å². The van der Waals surface area contributed by atoms with Gasteiger partial charge < -0.3 is 4.90 Å². The molecular formula is C15H18ClNOS. The Balaban J connectivity index is 1.94. The average molecular weight is 296 g/mol. The Bertz CT molecular complexity index is 449. The molecule has 19 heavy (non-hydrogen) atoms. The lowest BCUT2D eigenvalue weighted by Crippen LogP contribution is -2.40. The first-order valence-corrected chi connectivity index (χ1v) is 7.79. The van der Waals surface area contributed by atoms with E-state index in [0.717, 1.165) is 24.2 Å². The normalized spacial score (nSPS) is 20.0. The van der Waals surface area contributed by atoms with Crippen molar-refractivity contribution in [3.63, 3.8) is 0 Å². The number of benzene rings is 1. The summed E-state index contributed by atoms with van der Waals surface area (Å²) < 4.78 is -0.567. The Kier molecular flexibility index (Phi) is 5.34. The lowest BCUT2D eigenvalue weighted by Gasteiger charge is -2.29. The molecular weight excluding hydrogens is 278 g/mol. The van der Waals surface area contributed by atoms with Crippen molar-refractivity contribution >= 4 is 29.3 Å². The van der Waals surface area contributed by atoms with Crippen LogP contribution in [0.4, 0.5) is 0 Å². The summed E-state index contributed by atoms with van der Waals surface area (Å²) in [5.41, 5.74) is 0. The summed E-state index contributed by atoms with van der Waals surface area (Å²) in [5.74, 6) is -0.0212. The largest absolute Gasteiger partial charge is 0.337 e. The smallest absolute Gasteiger partial charge is 0.251 e. The first-order chi connectivity index (χ1) is 9.18. The van der Waals surface area contributed by atoms with E-state index in [4.69, 9.17) is 11.6 Å². The Morgan fingerprint density at radius 3 is 2.79 bits per heavy atom. The molecule has 1 aliphatic rings. The van der Waals surface area contributed by atoms with Gasteiger partial charge in [0.2, 0.25) is 0 Å². The molecule has 4 heteroatoms. The van der Waals surface area contributed by atoms with Crippen molar-refractivity contribution in [2.75, 3.05) is 7.05 Å². The minimum atomic E-state index is -0.567. The van der Waals surface area contributed by atoms with E-state index in [0.29, 0.717) is 0 Å². The number of halogens is 1. The van der Waals surface area contributed by atoms with Crippen LogP contribution in [0.2, 0.25) is 0 Å². The van der Waals surface area contributed by atoms with Crippen molar-refractivity contribution in [1.82, 2.24) is 4.90 Å². The Morgan fingerprint density at radius 1 is 1.42 bits per heavy atom. The van der Waals surface area contributed by atoms with Gasteiger partial charge in [-0.1, -0.05) is 53.7 Å². The van der Waals surface area contributed by atoms with E-state index in [9.17, 15) is 4.79 Å². The van der Waals surface area contributed by atoms with Crippen LogP contribution < -0.4 is 0 Å². The van der Waals surface area contributed by atoms with Crippen molar-refractivity contribution in [3.05, 3.63) is 42.5 Å². The van der Waals surface area contributed by atoms with Gasteiger partial charge in [0, 0.05) is 18.0 Å². The van der Waals surface area contributed by atoms with Crippen molar-refractivity contribution in [3.8, 4) is 0 Å². The first-order valence-electron chi connectivity index (χ1n) is 6.47. The highest BCUT2D eigenvalue weighted by Crippen LogP contribution is 2.28. The van der Waals surface area contributed by atoms with E-state index >= 15 is 0 Å². The number of hydrogen-bond acceptors (Lipinski definition) is 2. The van der Waals surface area contributed by atoms with Gasteiger partial charge >= 0.3 is 0 Å². The van der Waals surface area contributed by atoms with Crippen LogP contribution >= 0.6 is 23.4 Å². The lowest BCUT2D eigenvalue weighted by molar-refractivity contribution is -0.129. The van der Waals surface area contributed by atoms with E-state index < -0.39 is 4.71 Å². The molecule has 0 heterocycles. The Labute approximate surface area is 123 Å². The third kappa shape index (κ3) is 4.02. The summed E-state index contributed by atoms with van der Waals surface area (Å²) in [6.07, 6.45) is 7.53. The van der Waals surface area contributed by atoms with Gasteiger partial charge in [-0.2, -0.15) is 0 Å². The molecule has 0 spiro atoms. The van der Waals surface area contributed by atoms with Crippen LogP contribution in [0.1, 0.15) is 19.3 Å². The number of allylic oxidation sites excluding steroid dienone is 1. The maximum Gasteiger partial charge on any atom is 0.251 e. The number of hydrogen-bond donors (Lipinski definition) is 0. The first kappa shape index (κ1) is 14.5. The third-order valence-electron chi connectivity index (χ3n) is 3.25. The Morgan fingerprint density at radius 2 is 2.16 bits per heavy atom. The highest BCUT2D eigenvalue weighted by molar-refractivity contribution is 8.01. The molecule has 2 unspecified atom stereocenters. The Hall–Kier alpha value is -0.930. The molecule has 2 nitrogen and oxygen atoms in total. The molecule has 0 saturated carbocycles. The zero-order valence-electron chi connectivity index (χ0n) is 11.0. The van der Waals surface area contributed by atoms with Gasteiger partial charge in [0.1, 0.15) is 0 Å². The summed E-state index contributed by atoms with van der Waals surface area (Å²) in [4.78, 5) is 15.1. The molecule has 1 aliphatic carbocycles. The number of likely N-dealkylation sites (N-methyl/N-ethyl adjacent to an activating group) is 1. The fraction of sp³-hybridized carbons (Fsp3) is 0.400. The summed E-state index contributed by atoms with van der Waals surface area (Å²) in [7, 11) is 1.84. The third-order valence-corrected chi connectivity index (χ3v) is 4.66. The van der Waals surface area contributed by atoms with Crippen LogP contribution in [0.5, 0.6) is 0 Å². The summed E-state index contributed by atoms with van der Waals surface area (Å²) in [6, 6.07) is 9.97. The molecule has 0 saturated heterocycles. The minimum absolute atomic E-state index is 0.0212. The molecule has 0 aromatic heterocycles. The predicted molar refractivity (Wildman–Crippen MR) is 81.5 cm³/mol. The van der Waals surface area contributed by atoms with E-state index in [1.165, 1.54) is 11.8 Å². The summed E-state index contributed by atoms with van der Waals surface area (Å²) in [5, 5.41) is 0. The van der Waals surface area contributed by atoms with Crippen LogP contribution in [0.25, 0.3) is 0 Å². The average Bonchev–Trinajstić information content (AvgIpc) is 2.47. The maximum absolute atomic E-state index is 12.3. The van der Waals surface area contributed by atoms with E-state index in [1.807, 2.05) is 37.4 Å². The van der Waals surface area contributed by atoms with Gasteiger partial charge in [0.15, 0.2) is 4.71 Å². The van der Waals surface area contributed by atoms with Gasteiger partial charge in [-0.05, 0) is 31.4 Å². The van der Waals surface area contributed by atoms with E-state index in [2.05, 4.69) is 12.2 Å². The van der Waals surface area contributed by atoms with Crippen molar-refractivity contribution < 1.29 is 4.79 Å². The second-order valence-electron chi connectivity index (χ2n) is 4.62. The molecule has 2 atom stereocenters. The van der Waals surface area contributed by atoms with E-state index in [-0.39, 0.29) is 11.9 Å². The van der Waals surface area contributed by atoms with Crippen LogP contribution in [0.3, 0.4) is 0 Å². The molecule has 1 amide bonds. The van der Waals surface area contributed by atoms with Gasteiger partial charge in [-0.3, -0.25) is 4.79 Å². The van der Waals surface area contributed by atoms with Gasteiger partial charge in [0.05, 0.1) is 0 Å². The van der Waals surface area contributed by atoms with Gasteiger partial charge in [-0.15, -0.1) is 0 Å². The van der Waals surface area contributed by atoms with Crippen LogP contribution in [0, 0.1) is 0 Å². The summed E-state index contributed by atoms with van der Waals surface area (Å²) >= 11 is 7.62. The molecule has 0 bridgehead atoms. The van der Waals surface area contributed by atoms with Crippen LogP contribution in [-0.2, 0) is 4.79 Å². The zero-order valence-corrected chi connectivity index (χ0v) is 12.5. The lowest BCUT2D eigenvalue weighted by atomic mass is 10.0. The van der Waals surface area contributed by atoms with Gasteiger partial charge in [0.25, 0.3) is 5.91 Å². The number of carbonyl (C=O) groups is 1. The van der Waals surface area contributed by atoms with Crippen LogP contribution in [-0.4, -0.2) is 28.6 Å². The SMILES string of the molecule is CN(C(=O)C(Cl)Sc1ccccc1)C1C=CCCC1. The highest BCUT2D eigenvalue weighted by Gasteiger charge is 2.25. The molecule has 0 aliphatic heterocycles. The van der Waals surface area contributed by atoms with Crippen LogP contribution in [0.15, 0.2) is 47.4 Å². The number of thioether (sulfide) groups is 1. The second kappa shape index (κ2) is 7.01. The van der Waals surface area contributed by atoms with Gasteiger partial charge in [-0.25, -0.2) is 0 Å². The number of carbonyl (C=O) groups excluding carboxylic acids is 1. The molecule has 2 rings (SSSR count). The molecule has 0 N–H and O–H groups in total. The maximum atomic E-state index is 12.3. The standard InChI is InChI=1S/C15H18ClNOS/c1-17(12-8-4-2-5-9-12)15(18)14(16)19-13-10-6-3-7-11-13/h3-4,6-8,10-12,14H,2,5,9H2,1H3. The zero-order chi connectivity index (χ0) is 13.7. The number of rotatable bonds is 4. The van der Waals surface area contributed by atoms with Crippen molar-refractivity contribution in [2.24, 2.45) is 0 Å².